The number of aliphatic hydroxyl groups excluding tert-OH is 1. The van der Waals surface area contributed by atoms with E-state index in [1.54, 1.807) is 0 Å². The summed E-state index contributed by atoms with van der Waals surface area (Å²) in [6, 6.07) is 0.321. The van der Waals surface area contributed by atoms with Crippen molar-refractivity contribution in [1.82, 2.24) is 5.32 Å². The minimum absolute atomic E-state index is 0.155. The number of aliphatic carboxylic acids is 1. The summed E-state index contributed by atoms with van der Waals surface area (Å²) in [5.74, 6) is -0.757. The predicted molar refractivity (Wildman–Crippen MR) is 57.7 cm³/mol. The molecule has 1 fully saturated rings. The van der Waals surface area contributed by atoms with Crippen LogP contribution in [-0.4, -0.2) is 34.4 Å². The first-order valence-corrected chi connectivity index (χ1v) is 5.75. The van der Waals surface area contributed by atoms with Crippen molar-refractivity contribution in [2.45, 2.75) is 63.6 Å². The fourth-order valence-electron chi connectivity index (χ4n) is 2.09. The normalized spacial score (nSPS) is 28.7. The summed E-state index contributed by atoms with van der Waals surface area (Å²) in [6.45, 7) is 1.98. The van der Waals surface area contributed by atoms with Crippen LogP contribution in [0.4, 0.5) is 0 Å². The van der Waals surface area contributed by atoms with Crippen molar-refractivity contribution in [2.75, 3.05) is 0 Å². The van der Waals surface area contributed by atoms with Gasteiger partial charge in [-0.05, 0) is 26.2 Å². The first kappa shape index (κ1) is 12.5. The molecule has 4 nitrogen and oxygen atoms in total. The van der Waals surface area contributed by atoms with E-state index in [9.17, 15) is 9.90 Å². The molecule has 1 rings (SSSR count). The van der Waals surface area contributed by atoms with Gasteiger partial charge in [0, 0.05) is 18.5 Å². The van der Waals surface area contributed by atoms with Gasteiger partial charge in [0.1, 0.15) is 0 Å². The van der Waals surface area contributed by atoms with Crippen molar-refractivity contribution in [3.63, 3.8) is 0 Å². The van der Waals surface area contributed by atoms with Gasteiger partial charge in [-0.1, -0.05) is 12.8 Å². The van der Waals surface area contributed by atoms with E-state index in [2.05, 4.69) is 5.32 Å². The molecule has 1 aliphatic carbocycles. The van der Waals surface area contributed by atoms with Gasteiger partial charge < -0.3 is 15.5 Å². The van der Waals surface area contributed by atoms with Gasteiger partial charge in [0.05, 0.1) is 6.10 Å². The largest absolute Gasteiger partial charge is 0.481 e. The maximum absolute atomic E-state index is 10.4. The lowest BCUT2D eigenvalue weighted by Gasteiger charge is -2.31. The van der Waals surface area contributed by atoms with Crippen LogP contribution in [0.15, 0.2) is 0 Å². The van der Waals surface area contributed by atoms with Crippen molar-refractivity contribution in [3.8, 4) is 0 Å². The van der Waals surface area contributed by atoms with E-state index >= 15 is 0 Å². The van der Waals surface area contributed by atoms with Crippen LogP contribution in [0.5, 0.6) is 0 Å². The molecule has 0 amide bonds. The minimum Gasteiger partial charge on any atom is -0.481 e. The van der Waals surface area contributed by atoms with Crippen LogP contribution >= 0.6 is 0 Å². The van der Waals surface area contributed by atoms with Gasteiger partial charge in [-0.25, -0.2) is 0 Å². The van der Waals surface area contributed by atoms with Crippen molar-refractivity contribution in [1.29, 1.82) is 0 Å². The molecule has 3 unspecified atom stereocenters. The van der Waals surface area contributed by atoms with E-state index in [-0.39, 0.29) is 24.6 Å². The first-order valence-electron chi connectivity index (χ1n) is 5.75. The molecule has 15 heavy (non-hydrogen) atoms. The molecule has 0 radical (unpaired) electrons. The standard InChI is InChI=1S/C11H21NO3/c1-8(6-7-11(14)15)12-9-4-2-3-5-10(9)13/h8-10,12-13H,2-7H2,1H3,(H,14,15). The minimum atomic E-state index is -0.757. The lowest BCUT2D eigenvalue weighted by Crippen LogP contribution is -2.46. The second-order valence-electron chi connectivity index (χ2n) is 4.46. The van der Waals surface area contributed by atoms with E-state index in [1.165, 1.54) is 0 Å². The zero-order chi connectivity index (χ0) is 11.3. The van der Waals surface area contributed by atoms with Gasteiger partial charge in [0.2, 0.25) is 0 Å². The smallest absolute Gasteiger partial charge is 0.303 e. The van der Waals surface area contributed by atoms with E-state index in [1.807, 2.05) is 6.92 Å². The van der Waals surface area contributed by atoms with Gasteiger partial charge in [-0.3, -0.25) is 4.79 Å². The van der Waals surface area contributed by atoms with Crippen LogP contribution in [0.2, 0.25) is 0 Å². The Morgan fingerprint density at radius 1 is 1.47 bits per heavy atom. The molecule has 0 saturated heterocycles. The Morgan fingerprint density at radius 3 is 2.73 bits per heavy atom. The molecular weight excluding hydrogens is 194 g/mol. The number of hydrogen-bond acceptors (Lipinski definition) is 3. The predicted octanol–water partition coefficient (Wildman–Crippen LogP) is 1.13. The topological polar surface area (TPSA) is 69.6 Å². The summed E-state index contributed by atoms with van der Waals surface area (Å²) >= 11 is 0. The highest BCUT2D eigenvalue weighted by atomic mass is 16.4. The molecule has 0 aromatic heterocycles. The van der Waals surface area contributed by atoms with Crippen molar-refractivity contribution in [2.24, 2.45) is 0 Å². The summed E-state index contributed by atoms with van der Waals surface area (Å²) in [5, 5.41) is 21.6. The van der Waals surface area contributed by atoms with Gasteiger partial charge in [-0.15, -0.1) is 0 Å². The molecule has 0 aliphatic heterocycles. The molecule has 3 N–H and O–H groups in total. The van der Waals surface area contributed by atoms with Crippen LogP contribution in [-0.2, 0) is 4.79 Å². The maximum atomic E-state index is 10.4. The lowest BCUT2D eigenvalue weighted by molar-refractivity contribution is -0.137. The maximum Gasteiger partial charge on any atom is 0.303 e. The Bertz CT molecular complexity index is 208. The SMILES string of the molecule is CC(CCC(=O)O)NC1CCCCC1O. The molecule has 4 heteroatoms. The Hall–Kier alpha value is -0.610. The third-order valence-corrected chi connectivity index (χ3v) is 3.02. The summed E-state index contributed by atoms with van der Waals surface area (Å²) in [5.41, 5.74) is 0. The van der Waals surface area contributed by atoms with Crippen molar-refractivity contribution >= 4 is 5.97 Å². The highest BCUT2D eigenvalue weighted by molar-refractivity contribution is 5.66. The lowest BCUT2D eigenvalue weighted by atomic mass is 9.92. The molecule has 0 spiro atoms. The Kier molecular flexibility index (Phi) is 5.05. The van der Waals surface area contributed by atoms with E-state index in [0.717, 1.165) is 25.7 Å². The van der Waals surface area contributed by atoms with Gasteiger partial charge in [0.15, 0.2) is 0 Å². The second-order valence-corrected chi connectivity index (χ2v) is 4.46. The summed E-state index contributed by atoms with van der Waals surface area (Å²) < 4.78 is 0. The van der Waals surface area contributed by atoms with Gasteiger partial charge in [0.25, 0.3) is 0 Å². The van der Waals surface area contributed by atoms with Crippen LogP contribution in [0.25, 0.3) is 0 Å². The summed E-state index contributed by atoms with van der Waals surface area (Å²) in [6.07, 6.45) is 4.67. The van der Waals surface area contributed by atoms with E-state index in [0.29, 0.717) is 6.42 Å². The fourth-order valence-corrected chi connectivity index (χ4v) is 2.09. The number of carboxylic acid groups (broad SMARTS) is 1. The van der Waals surface area contributed by atoms with Crippen LogP contribution in [0.1, 0.15) is 45.4 Å². The van der Waals surface area contributed by atoms with Crippen molar-refractivity contribution in [3.05, 3.63) is 0 Å². The van der Waals surface area contributed by atoms with Crippen LogP contribution in [0, 0.1) is 0 Å². The molecular formula is C11H21NO3. The van der Waals surface area contributed by atoms with Crippen LogP contribution < -0.4 is 5.32 Å². The Balaban J connectivity index is 2.23. The number of carboxylic acids is 1. The molecule has 1 saturated carbocycles. The third-order valence-electron chi connectivity index (χ3n) is 3.02. The van der Waals surface area contributed by atoms with Crippen LogP contribution in [0.3, 0.4) is 0 Å². The zero-order valence-electron chi connectivity index (χ0n) is 9.28. The molecule has 1 aliphatic rings. The Labute approximate surface area is 90.7 Å². The molecule has 88 valence electrons. The average molecular weight is 215 g/mol. The average Bonchev–Trinajstić information content (AvgIpc) is 2.18. The summed E-state index contributed by atoms with van der Waals surface area (Å²) in [7, 11) is 0. The highest BCUT2D eigenvalue weighted by Crippen LogP contribution is 2.19. The zero-order valence-corrected chi connectivity index (χ0v) is 9.28. The number of nitrogens with one attached hydrogen (secondary N) is 1. The summed E-state index contributed by atoms with van der Waals surface area (Å²) in [4.78, 5) is 10.4. The molecule has 3 atom stereocenters. The highest BCUT2D eigenvalue weighted by Gasteiger charge is 2.23. The monoisotopic (exact) mass is 215 g/mol. The van der Waals surface area contributed by atoms with E-state index in [4.69, 9.17) is 5.11 Å². The molecule has 0 bridgehead atoms. The van der Waals surface area contributed by atoms with Gasteiger partial charge >= 0.3 is 5.97 Å². The fraction of sp³-hybridized carbons (Fsp3) is 0.909. The van der Waals surface area contributed by atoms with E-state index < -0.39 is 5.97 Å². The second kappa shape index (κ2) is 6.08. The number of rotatable bonds is 5. The molecule has 0 aromatic carbocycles. The van der Waals surface area contributed by atoms with Gasteiger partial charge in [-0.2, -0.15) is 0 Å². The number of carbonyl (C=O) groups is 1. The molecule has 0 heterocycles. The number of aliphatic hydroxyl groups is 1. The third kappa shape index (κ3) is 4.62. The quantitative estimate of drug-likeness (QED) is 0.643. The number of hydrogen-bond donors (Lipinski definition) is 3. The van der Waals surface area contributed by atoms with Crippen molar-refractivity contribution < 1.29 is 15.0 Å². The molecule has 0 aromatic rings. The first-order chi connectivity index (χ1) is 7.09. The Morgan fingerprint density at radius 2 is 2.13 bits per heavy atom.